The summed E-state index contributed by atoms with van der Waals surface area (Å²) >= 11 is 0. The lowest BCUT2D eigenvalue weighted by atomic mass is 10.0. The number of nitrogens with one attached hydrogen (secondary N) is 1. The van der Waals surface area contributed by atoms with Crippen molar-refractivity contribution in [2.45, 2.75) is 44.0 Å². The third-order valence-corrected chi connectivity index (χ3v) is 5.12. The molecule has 3 N–H and O–H groups in total. The molecule has 3 aliphatic rings. The maximum Gasteiger partial charge on any atom is 0.255 e. The van der Waals surface area contributed by atoms with Crippen LogP contribution >= 0.6 is 0 Å². The minimum atomic E-state index is -0.610. The van der Waals surface area contributed by atoms with Gasteiger partial charge >= 0.3 is 0 Å². The molecule has 3 heterocycles. The van der Waals surface area contributed by atoms with Gasteiger partial charge in [0.15, 0.2) is 0 Å². The number of nitrogens with two attached hydrogens (primary N) is 1. The molecule has 1 aromatic carbocycles. The summed E-state index contributed by atoms with van der Waals surface area (Å²) in [6.45, 7) is 1.42. The van der Waals surface area contributed by atoms with E-state index in [9.17, 15) is 14.4 Å². The summed E-state index contributed by atoms with van der Waals surface area (Å²) in [4.78, 5) is 37.6. The Kier molecular flexibility index (Phi) is 4.37. The van der Waals surface area contributed by atoms with E-state index < -0.39 is 11.9 Å². The van der Waals surface area contributed by atoms with Crippen molar-refractivity contribution in [1.29, 1.82) is 0 Å². The number of nitrogens with zero attached hydrogens (tertiary/aromatic N) is 1. The number of rotatable bonds is 3. The number of ether oxygens (including phenoxy) is 2. The predicted octanol–water partition coefficient (Wildman–Crippen LogP) is -0.0574. The third-order valence-electron chi connectivity index (χ3n) is 5.12. The second kappa shape index (κ2) is 6.69. The van der Waals surface area contributed by atoms with Crippen LogP contribution in [0.3, 0.4) is 0 Å². The quantitative estimate of drug-likeness (QED) is 0.732. The van der Waals surface area contributed by atoms with E-state index >= 15 is 0 Å². The Bertz CT molecular complexity index is 765. The van der Waals surface area contributed by atoms with E-state index in [4.69, 9.17) is 15.2 Å². The van der Waals surface area contributed by atoms with Gasteiger partial charge in [-0.25, -0.2) is 0 Å². The van der Waals surface area contributed by atoms with Crippen molar-refractivity contribution in [1.82, 2.24) is 10.2 Å². The van der Waals surface area contributed by atoms with Crippen molar-refractivity contribution >= 4 is 17.7 Å². The summed E-state index contributed by atoms with van der Waals surface area (Å²) in [6.07, 6.45) is 1.20. The van der Waals surface area contributed by atoms with Crippen LogP contribution in [-0.4, -0.2) is 54.0 Å². The van der Waals surface area contributed by atoms with Crippen LogP contribution in [-0.2, 0) is 20.9 Å². The lowest BCUT2D eigenvalue weighted by Crippen LogP contribution is -2.52. The Labute approximate surface area is 150 Å². The minimum absolute atomic E-state index is 0.120. The monoisotopic (exact) mass is 359 g/mol. The Morgan fingerprint density at radius 1 is 1.23 bits per heavy atom. The number of amides is 3. The molecule has 2 fully saturated rings. The molecule has 0 aromatic heterocycles. The SMILES string of the molecule is N[C@H]1COCC[C@@H]1Oc1ccc2c(c1)CN(C1CCC(=O)NC1=O)C2=O. The largest absolute Gasteiger partial charge is 0.489 e. The lowest BCUT2D eigenvalue weighted by molar-refractivity contribution is -0.136. The Morgan fingerprint density at radius 2 is 2.08 bits per heavy atom. The molecular formula is C18H21N3O5. The van der Waals surface area contributed by atoms with Gasteiger partial charge in [0.1, 0.15) is 17.9 Å². The van der Waals surface area contributed by atoms with Crippen LogP contribution in [0.2, 0.25) is 0 Å². The fraction of sp³-hybridized carbons (Fsp3) is 0.500. The average molecular weight is 359 g/mol. The third kappa shape index (κ3) is 3.06. The lowest BCUT2D eigenvalue weighted by Gasteiger charge is -2.29. The maximum atomic E-state index is 12.7. The van der Waals surface area contributed by atoms with Gasteiger partial charge in [0, 0.05) is 24.9 Å². The van der Waals surface area contributed by atoms with Crippen molar-refractivity contribution in [3.8, 4) is 5.75 Å². The van der Waals surface area contributed by atoms with Gasteiger partial charge in [-0.1, -0.05) is 0 Å². The molecule has 3 amide bonds. The highest BCUT2D eigenvalue weighted by molar-refractivity contribution is 6.05. The fourth-order valence-electron chi connectivity index (χ4n) is 3.69. The maximum absolute atomic E-state index is 12.7. The molecule has 0 aliphatic carbocycles. The first-order chi connectivity index (χ1) is 12.5. The Hall–Kier alpha value is -2.45. The first-order valence-electron chi connectivity index (χ1n) is 8.80. The fourth-order valence-corrected chi connectivity index (χ4v) is 3.69. The number of hydrogen-bond acceptors (Lipinski definition) is 6. The van der Waals surface area contributed by atoms with E-state index in [-0.39, 0.29) is 30.4 Å². The molecule has 0 bridgehead atoms. The van der Waals surface area contributed by atoms with E-state index in [1.165, 1.54) is 4.90 Å². The highest BCUT2D eigenvalue weighted by Gasteiger charge is 2.39. The van der Waals surface area contributed by atoms with Crippen LogP contribution < -0.4 is 15.8 Å². The first-order valence-corrected chi connectivity index (χ1v) is 8.80. The number of benzene rings is 1. The summed E-state index contributed by atoms with van der Waals surface area (Å²) in [5.41, 5.74) is 7.41. The molecule has 8 nitrogen and oxygen atoms in total. The first kappa shape index (κ1) is 17.0. The molecular weight excluding hydrogens is 338 g/mol. The number of hydrogen-bond donors (Lipinski definition) is 2. The van der Waals surface area contributed by atoms with Crippen molar-refractivity contribution in [3.05, 3.63) is 29.3 Å². The molecule has 138 valence electrons. The van der Waals surface area contributed by atoms with Crippen LogP contribution in [0.25, 0.3) is 0 Å². The molecule has 0 saturated carbocycles. The number of piperidine rings is 1. The highest BCUT2D eigenvalue weighted by atomic mass is 16.5. The summed E-state index contributed by atoms with van der Waals surface area (Å²) in [5, 5.41) is 2.30. The molecule has 26 heavy (non-hydrogen) atoms. The Balaban J connectivity index is 1.49. The van der Waals surface area contributed by atoms with Crippen LogP contribution in [0.1, 0.15) is 35.2 Å². The molecule has 1 aromatic rings. The molecule has 0 spiro atoms. The summed E-state index contributed by atoms with van der Waals surface area (Å²) in [6, 6.07) is 4.53. The zero-order chi connectivity index (χ0) is 18.3. The van der Waals surface area contributed by atoms with Crippen LogP contribution in [0.4, 0.5) is 0 Å². The predicted molar refractivity (Wildman–Crippen MR) is 90.3 cm³/mol. The smallest absolute Gasteiger partial charge is 0.255 e. The standard InChI is InChI=1S/C18H21N3O5/c19-13-9-25-6-5-15(13)26-11-1-2-12-10(7-11)8-21(18(12)24)14-3-4-16(22)20-17(14)23/h1-2,7,13-15H,3-6,8-9,19H2,(H,20,22,23)/t13-,14?,15-/m0/s1. The highest BCUT2D eigenvalue weighted by Crippen LogP contribution is 2.30. The second-order valence-corrected chi connectivity index (χ2v) is 6.90. The van der Waals surface area contributed by atoms with Crippen molar-refractivity contribution in [2.24, 2.45) is 5.73 Å². The van der Waals surface area contributed by atoms with Gasteiger partial charge in [-0.05, 0) is 30.2 Å². The van der Waals surface area contributed by atoms with Crippen LogP contribution in [0.15, 0.2) is 18.2 Å². The molecule has 0 radical (unpaired) electrons. The van der Waals surface area contributed by atoms with Gasteiger partial charge in [0.05, 0.1) is 19.3 Å². The number of fused-ring (bicyclic) bond motifs is 1. The minimum Gasteiger partial charge on any atom is -0.489 e. The zero-order valence-electron chi connectivity index (χ0n) is 14.3. The van der Waals surface area contributed by atoms with Gasteiger partial charge < -0.3 is 20.1 Å². The molecule has 4 rings (SSSR count). The van der Waals surface area contributed by atoms with Gasteiger partial charge in [-0.15, -0.1) is 0 Å². The molecule has 1 unspecified atom stereocenters. The Morgan fingerprint density at radius 3 is 2.85 bits per heavy atom. The molecule has 3 aliphatic heterocycles. The molecule has 2 saturated heterocycles. The van der Waals surface area contributed by atoms with Gasteiger partial charge in [-0.3, -0.25) is 19.7 Å². The normalized spacial score (nSPS) is 28.7. The van der Waals surface area contributed by atoms with E-state index in [1.54, 1.807) is 12.1 Å². The molecule has 3 atom stereocenters. The number of imide groups is 1. The summed E-state index contributed by atoms with van der Waals surface area (Å²) in [5.74, 6) is -0.237. The van der Waals surface area contributed by atoms with Crippen molar-refractivity contribution in [3.63, 3.8) is 0 Å². The van der Waals surface area contributed by atoms with Crippen molar-refractivity contribution < 1.29 is 23.9 Å². The topological polar surface area (TPSA) is 111 Å². The van der Waals surface area contributed by atoms with Crippen LogP contribution in [0, 0.1) is 0 Å². The zero-order valence-corrected chi connectivity index (χ0v) is 14.3. The van der Waals surface area contributed by atoms with Gasteiger partial charge in [0.2, 0.25) is 11.8 Å². The van der Waals surface area contributed by atoms with E-state index in [0.717, 1.165) is 12.0 Å². The van der Waals surface area contributed by atoms with E-state index in [1.807, 2.05) is 6.07 Å². The average Bonchev–Trinajstić information content (AvgIpc) is 2.93. The summed E-state index contributed by atoms with van der Waals surface area (Å²) in [7, 11) is 0. The van der Waals surface area contributed by atoms with Crippen LogP contribution in [0.5, 0.6) is 5.75 Å². The van der Waals surface area contributed by atoms with Gasteiger partial charge in [-0.2, -0.15) is 0 Å². The van der Waals surface area contributed by atoms with E-state index in [0.29, 0.717) is 37.5 Å². The van der Waals surface area contributed by atoms with Gasteiger partial charge in [0.25, 0.3) is 5.91 Å². The van der Waals surface area contributed by atoms with Crippen molar-refractivity contribution in [2.75, 3.05) is 13.2 Å². The number of carbonyl (C=O) groups excluding carboxylic acids is 3. The second-order valence-electron chi connectivity index (χ2n) is 6.90. The number of carbonyl (C=O) groups is 3. The molecule has 8 heteroatoms. The summed E-state index contributed by atoms with van der Waals surface area (Å²) < 4.78 is 11.3. The van der Waals surface area contributed by atoms with E-state index in [2.05, 4.69) is 5.32 Å².